The molecule has 0 spiro atoms. The molecule has 1 aliphatic carbocycles. The van der Waals surface area contributed by atoms with Gasteiger partial charge in [-0.15, -0.1) is 0 Å². The topological polar surface area (TPSA) is 15.3 Å². The highest BCUT2D eigenvalue weighted by molar-refractivity contribution is 7.80. The van der Waals surface area contributed by atoms with Crippen LogP contribution in [0.1, 0.15) is 24.0 Å². The molecule has 0 atom stereocenters. The standard InChI is InChI=1S/C14H18N2S/c17-14(16-7-3-4-8-16)15-13-9-11-5-1-2-6-12(11)10-13/h1-2,5-6,13H,3-4,7-10H2,(H,15,17). The van der Waals surface area contributed by atoms with Gasteiger partial charge in [0, 0.05) is 19.1 Å². The molecular formula is C14H18N2S. The maximum Gasteiger partial charge on any atom is 0.169 e. The van der Waals surface area contributed by atoms with Crippen molar-refractivity contribution >= 4 is 17.3 Å². The lowest BCUT2D eigenvalue weighted by Crippen LogP contribution is -2.43. The number of thiocarbonyl (C=S) groups is 1. The number of nitrogens with one attached hydrogen (secondary N) is 1. The van der Waals surface area contributed by atoms with Crippen molar-refractivity contribution in [1.29, 1.82) is 0 Å². The number of hydrogen-bond donors (Lipinski definition) is 1. The Morgan fingerprint density at radius 2 is 1.71 bits per heavy atom. The second-order valence-electron chi connectivity index (χ2n) is 5.02. The maximum absolute atomic E-state index is 5.48. The van der Waals surface area contributed by atoms with Crippen LogP contribution in [0.4, 0.5) is 0 Å². The highest BCUT2D eigenvalue weighted by Crippen LogP contribution is 2.22. The summed E-state index contributed by atoms with van der Waals surface area (Å²) in [5, 5.41) is 4.48. The number of likely N-dealkylation sites (tertiary alicyclic amines) is 1. The van der Waals surface area contributed by atoms with Gasteiger partial charge in [0.15, 0.2) is 5.11 Å². The normalized spacial score (nSPS) is 19.4. The van der Waals surface area contributed by atoms with Crippen LogP contribution in [0.25, 0.3) is 0 Å². The van der Waals surface area contributed by atoms with Crippen LogP contribution in [0.15, 0.2) is 24.3 Å². The molecule has 1 aromatic carbocycles. The fraction of sp³-hybridized carbons (Fsp3) is 0.500. The smallest absolute Gasteiger partial charge is 0.169 e. The van der Waals surface area contributed by atoms with Gasteiger partial charge in [0.1, 0.15) is 0 Å². The third-order valence-electron chi connectivity index (χ3n) is 3.77. The minimum absolute atomic E-state index is 0.500. The number of rotatable bonds is 1. The molecule has 0 bridgehead atoms. The fourth-order valence-electron chi connectivity index (χ4n) is 2.85. The first-order chi connectivity index (χ1) is 8.33. The van der Waals surface area contributed by atoms with E-state index >= 15 is 0 Å². The lowest BCUT2D eigenvalue weighted by atomic mass is 10.1. The van der Waals surface area contributed by atoms with Gasteiger partial charge in [0.25, 0.3) is 0 Å². The van der Waals surface area contributed by atoms with Crippen molar-refractivity contribution in [1.82, 2.24) is 10.2 Å². The number of nitrogens with zero attached hydrogens (tertiary/aromatic N) is 1. The van der Waals surface area contributed by atoms with Crippen molar-refractivity contribution in [3.63, 3.8) is 0 Å². The second-order valence-corrected chi connectivity index (χ2v) is 5.40. The first kappa shape index (κ1) is 11.0. The van der Waals surface area contributed by atoms with Gasteiger partial charge in [-0.25, -0.2) is 0 Å². The van der Waals surface area contributed by atoms with Gasteiger partial charge in [0.05, 0.1) is 0 Å². The number of fused-ring (bicyclic) bond motifs is 1. The summed E-state index contributed by atoms with van der Waals surface area (Å²) in [6.45, 7) is 2.26. The van der Waals surface area contributed by atoms with Gasteiger partial charge >= 0.3 is 0 Å². The van der Waals surface area contributed by atoms with Crippen LogP contribution in [-0.4, -0.2) is 29.1 Å². The Labute approximate surface area is 108 Å². The van der Waals surface area contributed by atoms with Gasteiger partial charge in [-0.2, -0.15) is 0 Å². The number of hydrogen-bond acceptors (Lipinski definition) is 1. The molecule has 0 radical (unpaired) electrons. The Morgan fingerprint density at radius 3 is 2.29 bits per heavy atom. The summed E-state index contributed by atoms with van der Waals surface area (Å²) in [4.78, 5) is 2.30. The second kappa shape index (κ2) is 4.65. The SMILES string of the molecule is S=C(NC1Cc2ccccc2C1)N1CCCC1. The lowest BCUT2D eigenvalue weighted by Gasteiger charge is -2.23. The summed E-state index contributed by atoms with van der Waals surface area (Å²) >= 11 is 5.48. The van der Waals surface area contributed by atoms with E-state index in [-0.39, 0.29) is 0 Å². The third kappa shape index (κ3) is 2.29. The van der Waals surface area contributed by atoms with Crippen molar-refractivity contribution in [2.75, 3.05) is 13.1 Å². The van der Waals surface area contributed by atoms with E-state index in [9.17, 15) is 0 Å². The molecule has 90 valence electrons. The lowest BCUT2D eigenvalue weighted by molar-refractivity contribution is 0.488. The van der Waals surface area contributed by atoms with Crippen molar-refractivity contribution in [3.05, 3.63) is 35.4 Å². The first-order valence-electron chi connectivity index (χ1n) is 6.45. The monoisotopic (exact) mass is 246 g/mol. The molecule has 1 aliphatic heterocycles. The van der Waals surface area contributed by atoms with Crippen LogP contribution in [0, 0.1) is 0 Å². The van der Waals surface area contributed by atoms with Crippen LogP contribution in [-0.2, 0) is 12.8 Å². The fourth-order valence-corrected chi connectivity index (χ4v) is 3.20. The third-order valence-corrected chi connectivity index (χ3v) is 4.15. The van der Waals surface area contributed by atoms with E-state index in [2.05, 4.69) is 34.5 Å². The zero-order valence-corrected chi connectivity index (χ0v) is 10.8. The average Bonchev–Trinajstić information content (AvgIpc) is 2.97. The molecule has 0 saturated carbocycles. The van der Waals surface area contributed by atoms with Gasteiger partial charge < -0.3 is 10.2 Å². The molecule has 2 aliphatic rings. The summed E-state index contributed by atoms with van der Waals surface area (Å²) in [5.41, 5.74) is 2.96. The Hall–Kier alpha value is -1.09. The Balaban J connectivity index is 1.60. The Bertz CT molecular complexity index is 399. The van der Waals surface area contributed by atoms with Crippen LogP contribution < -0.4 is 5.32 Å². The minimum Gasteiger partial charge on any atom is -0.359 e. The Morgan fingerprint density at radius 1 is 1.12 bits per heavy atom. The summed E-state index contributed by atoms with van der Waals surface area (Å²) in [5.74, 6) is 0. The quantitative estimate of drug-likeness (QED) is 0.764. The first-order valence-corrected chi connectivity index (χ1v) is 6.86. The van der Waals surface area contributed by atoms with Gasteiger partial charge in [0.2, 0.25) is 0 Å². The molecule has 1 N–H and O–H groups in total. The predicted molar refractivity (Wildman–Crippen MR) is 74.2 cm³/mol. The zero-order valence-electron chi connectivity index (χ0n) is 9.98. The molecule has 17 heavy (non-hydrogen) atoms. The molecule has 3 rings (SSSR count). The highest BCUT2D eigenvalue weighted by atomic mass is 32.1. The highest BCUT2D eigenvalue weighted by Gasteiger charge is 2.23. The minimum atomic E-state index is 0.500. The van der Waals surface area contributed by atoms with Crippen LogP contribution in [0.2, 0.25) is 0 Å². The van der Waals surface area contributed by atoms with E-state index in [0.29, 0.717) is 6.04 Å². The maximum atomic E-state index is 5.48. The van der Waals surface area contributed by atoms with E-state index < -0.39 is 0 Å². The molecule has 0 aromatic heterocycles. The van der Waals surface area contributed by atoms with Crippen molar-refractivity contribution in [2.45, 2.75) is 31.7 Å². The molecule has 1 saturated heterocycles. The van der Waals surface area contributed by atoms with Gasteiger partial charge in [-0.1, -0.05) is 24.3 Å². The molecule has 1 fully saturated rings. The molecule has 0 amide bonds. The predicted octanol–water partition coefficient (Wildman–Crippen LogP) is 2.12. The molecule has 3 heteroatoms. The average molecular weight is 246 g/mol. The molecule has 1 aromatic rings. The molecule has 0 unspecified atom stereocenters. The Kier molecular flexibility index (Phi) is 3.02. The summed E-state index contributed by atoms with van der Waals surface area (Å²) in [6, 6.07) is 9.21. The van der Waals surface area contributed by atoms with Crippen LogP contribution in [0.5, 0.6) is 0 Å². The van der Waals surface area contributed by atoms with E-state index in [1.165, 1.54) is 24.0 Å². The number of benzene rings is 1. The molecule has 2 nitrogen and oxygen atoms in total. The summed E-state index contributed by atoms with van der Waals surface area (Å²) in [6.07, 6.45) is 4.80. The summed E-state index contributed by atoms with van der Waals surface area (Å²) < 4.78 is 0. The van der Waals surface area contributed by atoms with E-state index in [1.807, 2.05) is 0 Å². The zero-order chi connectivity index (χ0) is 11.7. The van der Waals surface area contributed by atoms with Crippen molar-refractivity contribution in [3.8, 4) is 0 Å². The summed E-state index contributed by atoms with van der Waals surface area (Å²) in [7, 11) is 0. The van der Waals surface area contributed by atoms with E-state index in [4.69, 9.17) is 12.2 Å². The van der Waals surface area contributed by atoms with Gasteiger partial charge in [-0.05, 0) is 49.0 Å². The molecule has 1 heterocycles. The van der Waals surface area contributed by atoms with Gasteiger partial charge in [-0.3, -0.25) is 0 Å². The van der Waals surface area contributed by atoms with Crippen molar-refractivity contribution in [2.24, 2.45) is 0 Å². The molecular weight excluding hydrogens is 228 g/mol. The van der Waals surface area contributed by atoms with Crippen LogP contribution in [0.3, 0.4) is 0 Å². The van der Waals surface area contributed by atoms with E-state index in [1.54, 1.807) is 0 Å². The van der Waals surface area contributed by atoms with E-state index in [0.717, 1.165) is 31.0 Å². The largest absolute Gasteiger partial charge is 0.359 e. The van der Waals surface area contributed by atoms with Crippen LogP contribution >= 0.6 is 12.2 Å². The van der Waals surface area contributed by atoms with Crippen molar-refractivity contribution < 1.29 is 0 Å².